The van der Waals surface area contributed by atoms with Crippen LogP contribution in [-0.4, -0.2) is 5.78 Å². The SMILES string of the molecule is CC(C)=CCC[C@@H](C)C1=C2CC[C@@H]3[C@@]4(C)CCC(=O)C(C)(C)[C@@H]4CC[C@@]3(C)[C@]2(C)CC1. The van der Waals surface area contributed by atoms with E-state index < -0.39 is 0 Å². The third kappa shape index (κ3) is 3.26. The zero-order valence-electron chi connectivity index (χ0n) is 21.8. The van der Waals surface area contributed by atoms with Crippen LogP contribution in [0, 0.1) is 39.4 Å². The molecule has 0 aromatic carbocycles. The van der Waals surface area contributed by atoms with Gasteiger partial charge in [-0.15, -0.1) is 0 Å². The van der Waals surface area contributed by atoms with E-state index in [9.17, 15) is 4.79 Å². The van der Waals surface area contributed by atoms with Gasteiger partial charge in [-0.1, -0.05) is 64.3 Å². The maximum atomic E-state index is 12.8. The fourth-order valence-corrected chi connectivity index (χ4v) is 9.40. The van der Waals surface area contributed by atoms with Gasteiger partial charge >= 0.3 is 0 Å². The monoisotopic (exact) mass is 424 g/mol. The molecule has 4 rings (SSSR count). The molecule has 174 valence electrons. The highest BCUT2D eigenvalue weighted by molar-refractivity contribution is 5.85. The van der Waals surface area contributed by atoms with Gasteiger partial charge in [0, 0.05) is 11.8 Å². The van der Waals surface area contributed by atoms with E-state index >= 15 is 0 Å². The highest BCUT2D eigenvalue weighted by Crippen LogP contribution is 2.74. The average Bonchev–Trinajstić information content (AvgIpc) is 3.03. The molecule has 0 unspecified atom stereocenters. The van der Waals surface area contributed by atoms with Crippen LogP contribution < -0.4 is 0 Å². The summed E-state index contributed by atoms with van der Waals surface area (Å²) in [5.41, 5.74) is 6.11. The first-order valence-corrected chi connectivity index (χ1v) is 13.3. The van der Waals surface area contributed by atoms with Crippen LogP contribution in [0.5, 0.6) is 0 Å². The quantitative estimate of drug-likeness (QED) is 0.412. The summed E-state index contributed by atoms with van der Waals surface area (Å²) in [5.74, 6) is 2.58. The van der Waals surface area contributed by atoms with Crippen molar-refractivity contribution in [3.63, 3.8) is 0 Å². The molecule has 0 saturated heterocycles. The lowest BCUT2D eigenvalue weighted by Gasteiger charge is -2.68. The van der Waals surface area contributed by atoms with Gasteiger partial charge in [0.25, 0.3) is 0 Å². The Morgan fingerprint density at radius 2 is 1.68 bits per heavy atom. The summed E-state index contributed by atoms with van der Waals surface area (Å²) in [6, 6.07) is 0. The van der Waals surface area contributed by atoms with E-state index in [0.717, 1.165) is 24.7 Å². The summed E-state index contributed by atoms with van der Waals surface area (Å²) in [6.07, 6.45) is 14.8. The van der Waals surface area contributed by atoms with E-state index in [-0.39, 0.29) is 5.41 Å². The molecular weight excluding hydrogens is 376 g/mol. The lowest BCUT2D eigenvalue weighted by atomic mass is 9.36. The van der Waals surface area contributed by atoms with Crippen molar-refractivity contribution in [3.8, 4) is 0 Å². The molecule has 6 atom stereocenters. The van der Waals surface area contributed by atoms with Crippen LogP contribution >= 0.6 is 0 Å². The Bertz CT molecular complexity index is 808. The predicted molar refractivity (Wildman–Crippen MR) is 132 cm³/mol. The van der Waals surface area contributed by atoms with Crippen LogP contribution in [0.25, 0.3) is 0 Å². The molecule has 1 nitrogen and oxygen atoms in total. The molecule has 0 bridgehead atoms. The van der Waals surface area contributed by atoms with E-state index in [2.05, 4.69) is 61.5 Å². The van der Waals surface area contributed by atoms with Crippen LogP contribution in [0.15, 0.2) is 22.8 Å². The van der Waals surface area contributed by atoms with Crippen molar-refractivity contribution in [3.05, 3.63) is 22.8 Å². The smallest absolute Gasteiger partial charge is 0.138 e. The topological polar surface area (TPSA) is 17.1 Å². The molecular formula is C30H48O. The molecule has 4 aliphatic rings. The van der Waals surface area contributed by atoms with Crippen molar-refractivity contribution >= 4 is 5.78 Å². The maximum absolute atomic E-state index is 12.8. The molecule has 0 aliphatic heterocycles. The summed E-state index contributed by atoms with van der Waals surface area (Å²) in [5, 5.41) is 0. The first kappa shape index (κ1) is 23.3. The Hall–Kier alpha value is -0.850. The zero-order valence-corrected chi connectivity index (χ0v) is 21.8. The van der Waals surface area contributed by atoms with Crippen molar-refractivity contribution in [2.45, 2.75) is 120 Å². The van der Waals surface area contributed by atoms with E-state index in [1.165, 1.54) is 56.9 Å². The number of carbonyl (C=O) groups excluding carboxylic acids is 1. The third-order valence-electron chi connectivity index (χ3n) is 11.4. The average molecular weight is 425 g/mol. The molecule has 0 amide bonds. The summed E-state index contributed by atoms with van der Waals surface area (Å²) >= 11 is 0. The molecule has 1 heteroatoms. The van der Waals surface area contributed by atoms with E-state index in [4.69, 9.17) is 0 Å². The first-order chi connectivity index (χ1) is 14.4. The lowest BCUT2D eigenvalue weighted by molar-refractivity contribution is -0.180. The van der Waals surface area contributed by atoms with E-state index in [0.29, 0.717) is 27.9 Å². The fraction of sp³-hybridized carbons (Fsp3) is 0.833. The molecule has 0 N–H and O–H groups in total. The summed E-state index contributed by atoms with van der Waals surface area (Å²) in [7, 11) is 0. The van der Waals surface area contributed by atoms with Crippen molar-refractivity contribution in [1.82, 2.24) is 0 Å². The molecule has 3 fully saturated rings. The maximum Gasteiger partial charge on any atom is 0.138 e. The van der Waals surface area contributed by atoms with Gasteiger partial charge < -0.3 is 0 Å². The number of allylic oxidation sites excluding steroid dienone is 4. The molecule has 0 spiro atoms. The standard InChI is InChI=1S/C30H48O/c1-20(2)10-9-11-21(3)22-14-18-29(7)23(22)12-13-25-28(6)17-16-26(31)27(4,5)24(28)15-19-30(25,29)8/h10,21,24-25H,9,11-19H2,1-8H3/t21-,24+,25-,28+,29-,30-/m1/s1. The second kappa shape index (κ2) is 7.59. The lowest BCUT2D eigenvalue weighted by Crippen LogP contribution is -2.62. The van der Waals surface area contributed by atoms with E-state index in [1.807, 2.05) is 11.1 Å². The normalized spacial score (nSPS) is 42.5. The third-order valence-corrected chi connectivity index (χ3v) is 11.4. The highest BCUT2D eigenvalue weighted by atomic mass is 16.1. The van der Waals surface area contributed by atoms with Crippen LogP contribution in [0.1, 0.15) is 120 Å². The predicted octanol–water partition coefficient (Wildman–Crippen LogP) is 8.69. The molecule has 3 saturated carbocycles. The van der Waals surface area contributed by atoms with Crippen LogP contribution in [0.2, 0.25) is 0 Å². The number of Topliss-reactive ketones (excluding diaryl/α,β-unsaturated/α-hetero) is 1. The molecule has 31 heavy (non-hydrogen) atoms. The van der Waals surface area contributed by atoms with Gasteiger partial charge in [0.1, 0.15) is 5.78 Å². The Balaban J connectivity index is 1.65. The Morgan fingerprint density at radius 1 is 0.968 bits per heavy atom. The summed E-state index contributed by atoms with van der Waals surface area (Å²) in [6.45, 7) is 19.4. The second-order valence-electron chi connectivity index (χ2n) is 13.3. The van der Waals surface area contributed by atoms with Gasteiger partial charge in [0.15, 0.2) is 0 Å². The molecule has 0 aromatic rings. The number of hydrogen-bond donors (Lipinski definition) is 0. The molecule has 0 aromatic heterocycles. The zero-order chi connectivity index (χ0) is 22.8. The van der Waals surface area contributed by atoms with Crippen LogP contribution in [0.3, 0.4) is 0 Å². The largest absolute Gasteiger partial charge is 0.299 e. The van der Waals surface area contributed by atoms with Gasteiger partial charge in [-0.25, -0.2) is 0 Å². The summed E-state index contributed by atoms with van der Waals surface area (Å²) < 4.78 is 0. The first-order valence-electron chi connectivity index (χ1n) is 13.3. The Kier molecular flexibility index (Phi) is 5.71. The molecule has 4 aliphatic carbocycles. The van der Waals surface area contributed by atoms with Gasteiger partial charge in [-0.05, 0) is 106 Å². The highest BCUT2D eigenvalue weighted by Gasteiger charge is 2.66. The van der Waals surface area contributed by atoms with Gasteiger partial charge in [0.2, 0.25) is 0 Å². The number of ketones is 1. The Labute approximate surface area is 192 Å². The summed E-state index contributed by atoms with van der Waals surface area (Å²) in [4.78, 5) is 12.8. The number of hydrogen-bond acceptors (Lipinski definition) is 1. The van der Waals surface area contributed by atoms with Crippen molar-refractivity contribution in [2.24, 2.45) is 39.4 Å². The van der Waals surface area contributed by atoms with E-state index in [1.54, 1.807) is 0 Å². The molecule has 0 radical (unpaired) electrons. The van der Waals surface area contributed by atoms with Crippen molar-refractivity contribution in [2.75, 3.05) is 0 Å². The van der Waals surface area contributed by atoms with Gasteiger partial charge in [0.05, 0.1) is 0 Å². The molecule has 0 heterocycles. The van der Waals surface area contributed by atoms with Crippen molar-refractivity contribution < 1.29 is 4.79 Å². The van der Waals surface area contributed by atoms with Gasteiger partial charge in [-0.2, -0.15) is 0 Å². The minimum absolute atomic E-state index is 0.133. The minimum atomic E-state index is -0.133. The minimum Gasteiger partial charge on any atom is -0.299 e. The number of carbonyl (C=O) groups is 1. The second-order valence-corrected chi connectivity index (χ2v) is 13.3. The van der Waals surface area contributed by atoms with Gasteiger partial charge in [-0.3, -0.25) is 4.79 Å². The van der Waals surface area contributed by atoms with Crippen LogP contribution in [0.4, 0.5) is 0 Å². The fourth-order valence-electron chi connectivity index (χ4n) is 9.40. The number of fused-ring (bicyclic) bond motifs is 5. The Morgan fingerprint density at radius 3 is 2.35 bits per heavy atom. The van der Waals surface area contributed by atoms with Crippen molar-refractivity contribution in [1.29, 1.82) is 0 Å². The number of rotatable bonds is 4. The van der Waals surface area contributed by atoms with Crippen LogP contribution in [-0.2, 0) is 4.79 Å².